The largest absolute Gasteiger partial charge is 0.497 e. The van der Waals surface area contributed by atoms with E-state index in [1.165, 1.54) is 0 Å². The van der Waals surface area contributed by atoms with Gasteiger partial charge in [-0.1, -0.05) is 6.07 Å². The second kappa shape index (κ2) is 6.17. The molecule has 0 saturated carbocycles. The number of nitrogen functional groups attached to an aromatic ring is 1. The minimum absolute atomic E-state index is 0.196. The molecule has 22 heavy (non-hydrogen) atoms. The van der Waals surface area contributed by atoms with Crippen LogP contribution < -0.4 is 15.2 Å². The third kappa shape index (κ3) is 3.17. The molecule has 6 nitrogen and oxygen atoms in total. The number of benzene rings is 2. The normalized spacial score (nSPS) is 10.4. The SMILES string of the molecule is COc1ccc(OCc2nnc(-c3cccc(N)c3)o2)cc1. The van der Waals surface area contributed by atoms with Crippen LogP contribution in [0.5, 0.6) is 11.5 Å². The molecule has 0 aliphatic heterocycles. The van der Waals surface area contributed by atoms with E-state index >= 15 is 0 Å². The van der Waals surface area contributed by atoms with E-state index in [0.717, 1.165) is 11.3 Å². The summed E-state index contributed by atoms with van der Waals surface area (Å²) in [5.74, 6) is 2.28. The molecule has 3 rings (SSSR count). The molecule has 0 radical (unpaired) electrons. The Bertz CT molecular complexity index is 753. The highest BCUT2D eigenvalue weighted by atomic mass is 16.5. The van der Waals surface area contributed by atoms with Gasteiger partial charge in [-0.25, -0.2) is 0 Å². The van der Waals surface area contributed by atoms with Crippen LogP contribution in [-0.4, -0.2) is 17.3 Å². The number of rotatable bonds is 5. The van der Waals surface area contributed by atoms with Crippen molar-refractivity contribution in [3.05, 3.63) is 54.4 Å². The first kappa shape index (κ1) is 13.9. The molecule has 0 spiro atoms. The summed E-state index contributed by atoms with van der Waals surface area (Å²) in [6.07, 6.45) is 0. The van der Waals surface area contributed by atoms with Crippen LogP contribution >= 0.6 is 0 Å². The van der Waals surface area contributed by atoms with Crippen LogP contribution in [0.1, 0.15) is 5.89 Å². The monoisotopic (exact) mass is 297 g/mol. The van der Waals surface area contributed by atoms with E-state index in [1.54, 1.807) is 19.2 Å². The van der Waals surface area contributed by atoms with Crippen LogP contribution in [0.4, 0.5) is 5.69 Å². The molecule has 2 N–H and O–H groups in total. The maximum atomic E-state index is 5.74. The summed E-state index contributed by atoms with van der Waals surface area (Å²) in [4.78, 5) is 0. The van der Waals surface area contributed by atoms with Gasteiger partial charge in [-0.2, -0.15) is 0 Å². The second-order valence-electron chi connectivity index (χ2n) is 4.59. The van der Waals surface area contributed by atoms with Crippen molar-refractivity contribution in [1.82, 2.24) is 10.2 Å². The van der Waals surface area contributed by atoms with Gasteiger partial charge in [0.05, 0.1) is 7.11 Å². The second-order valence-corrected chi connectivity index (χ2v) is 4.59. The average Bonchev–Trinajstić information content (AvgIpc) is 3.02. The van der Waals surface area contributed by atoms with E-state index in [1.807, 2.05) is 36.4 Å². The third-order valence-electron chi connectivity index (χ3n) is 3.02. The van der Waals surface area contributed by atoms with Crippen molar-refractivity contribution in [1.29, 1.82) is 0 Å². The molecule has 112 valence electrons. The quantitative estimate of drug-likeness (QED) is 0.729. The molecule has 0 bridgehead atoms. The fourth-order valence-electron chi connectivity index (χ4n) is 1.92. The Morgan fingerprint density at radius 2 is 1.82 bits per heavy atom. The summed E-state index contributed by atoms with van der Waals surface area (Å²) in [5.41, 5.74) is 7.16. The lowest BCUT2D eigenvalue weighted by Crippen LogP contribution is -1.95. The highest BCUT2D eigenvalue weighted by Crippen LogP contribution is 2.21. The maximum Gasteiger partial charge on any atom is 0.254 e. The summed E-state index contributed by atoms with van der Waals surface area (Å²) in [5, 5.41) is 7.96. The Hall–Kier alpha value is -3.02. The van der Waals surface area contributed by atoms with E-state index in [9.17, 15) is 0 Å². The van der Waals surface area contributed by atoms with Gasteiger partial charge < -0.3 is 19.6 Å². The first-order valence-electron chi connectivity index (χ1n) is 6.70. The molecule has 0 aliphatic carbocycles. The number of nitrogens with two attached hydrogens (primary N) is 1. The molecule has 0 atom stereocenters. The number of anilines is 1. The van der Waals surface area contributed by atoms with Gasteiger partial charge in [0.25, 0.3) is 5.89 Å². The molecule has 0 amide bonds. The van der Waals surface area contributed by atoms with Crippen molar-refractivity contribution >= 4 is 5.69 Å². The molecule has 0 unspecified atom stereocenters. The molecule has 2 aromatic carbocycles. The summed E-state index contributed by atoms with van der Waals surface area (Å²) in [6.45, 7) is 0.196. The van der Waals surface area contributed by atoms with Crippen LogP contribution in [0, 0.1) is 0 Å². The van der Waals surface area contributed by atoms with Crippen molar-refractivity contribution < 1.29 is 13.9 Å². The Morgan fingerprint density at radius 1 is 1.05 bits per heavy atom. The fourth-order valence-corrected chi connectivity index (χ4v) is 1.92. The predicted octanol–water partition coefficient (Wildman–Crippen LogP) is 2.91. The molecule has 3 aromatic rings. The number of methoxy groups -OCH3 is 1. The Balaban J connectivity index is 1.66. The fraction of sp³-hybridized carbons (Fsp3) is 0.125. The zero-order valence-corrected chi connectivity index (χ0v) is 12.0. The van der Waals surface area contributed by atoms with Gasteiger partial charge in [-0.05, 0) is 42.5 Å². The number of aromatic nitrogens is 2. The zero-order chi connectivity index (χ0) is 15.4. The first-order valence-corrected chi connectivity index (χ1v) is 6.70. The van der Waals surface area contributed by atoms with E-state index in [2.05, 4.69) is 10.2 Å². The lowest BCUT2D eigenvalue weighted by Gasteiger charge is -2.04. The minimum Gasteiger partial charge on any atom is -0.497 e. The number of ether oxygens (including phenoxy) is 2. The third-order valence-corrected chi connectivity index (χ3v) is 3.02. The van der Waals surface area contributed by atoms with Crippen molar-refractivity contribution in [3.8, 4) is 23.0 Å². The Kier molecular flexibility index (Phi) is 3.91. The maximum absolute atomic E-state index is 5.74. The van der Waals surface area contributed by atoms with Gasteiger partial charge in [0.15, 0.2) is 6.61 Å². The summed E-state index contributed by atoms with van der Waals surface area (Å²) in [7, 11) is 1.62. The molecule has 0 aliphatic rings. The molecule has 1 aromatic heterocycles. The molecule has 1 heterocycles. The summed E-state index contributed by atoms with van der Waals surface area (Å²) in [6, 6.07) is 14.5. The predicted molar refractivity (Wildman–Crippen MR) is 81.5 cm³/mol. The van der Waals surface area contributed by atoms with Crippen LogP contribution in [0.25, 0.3) is 11.5 Å². The first-order chi connectivity index (χ1) is 10.7. The van der Waals surface area contributed by atoms with E-state index in [-0.39, 0.29) is 6.61 Å². The Morgan fingerprint density at radius 3 is 2.55 bits per heavy atom. The smallest absolute Gasteiger partial charge is 0.254 e. The van der Waals surface area contributed by atoms with Gasteiger partial charge in [0, 0.05) is 11.3 Å². The lowest BCUT2D eigenvalue weighted by molar-refractivity contribution is 0.264. The van der Waals surface area contributed by atoms with Crippen LogP contribution in [0.3, 0.4) is 0 Å². The number of hydrogen-bond donors (Lipinski definition) is 1. The number of nitrogens with zero attached hydrogens (tertiary/aromatic N) is 2. The van der Waals surface area contributed by atoms with Crippen molar-refractivity contribution in [2.45, 2.75) is 6.61 Å². The van der Waals surface area contributed by atoms with Crippen molar-refractivity contribution in [3.63, 3.8) is 0 Å². The number of hydrogen-bond acceptors (Lipinski definition) is 6. The topological polar surface area (TPSA) is 83.4 Å². The van der Waals surface area contributed by atoms with Gasteiger partial charge in [-0.15, -0.1) is 10.2 Å². The van der Waals surface area contributed by atoms with Gasteiger partial charge in [0.1, 0.15) is 11.5 Å². The van der Waals surface area contributed by atoms with Crippen molar-refractivity contribution in [2.24, 2.45) is 0 Å². The van der Waals surface area contributed by atoms with E-state index in [0.29, 0.717) is 23.2 Å². The van der Waals surface area contributed by atoms with E-state index < -0.39 is 0 Å². The molecular formula is C16H15N3O3. The Labute approximate surface area is 127 Å². The highest BCUT2D eigenvalue weighted by Gasteiger charge is 2.09. The summed E-state index contributed by atoms with van der Waals surface area (Å²) >= 11 is 0. The van der Waals surface area contributed by atoms with E-state index in [4.69, 9.17) is 19.6 Å². The standard InChI is InChI=1S/C16H15N3O3/c1-20-13-5-7-14(8-6-13)21-10-15-18-19-16(22-15)11-3-2-4-12(17)9-11/h2-9H,10,17H2,1H3. The minimum atomic E-state index is 0.196. The molecule has 0 fully saturated rings. The molecular weight excluding hydrogens is 282 g/mol. The summed E-state index contributed by atoms with van der Waals surface area (Å²) < 4.78 is 16.2. The van der Waals surface area contributed by atoms with Gasteiger partial charge in [-0.3, -0.25) is 0 Å². The van der Waals surface area contributed by atoms with Crippen LogP contribution in [-0.2, 0) is 6.61 Å². The zero-order valence-electron chi connectivity index (χ0n) is 12.0. The lowest BCUT2D eigenvalue weighted by atomic mass is 10.2. The molecule has 0 saturated heterocycles. The molecule has 6 heteroatoms. The van der Waals surface area contributed by atoms with Gasteiger partial charge >= 0.3 is 0 Å². The highest BCUT2D eigenvalue weighted by molar-refractivity contribution is 5.59. The van der Waals surface area contributed by atoms with Crippen molar-refractivity contribution in [2.75, 3.05) is 12.8 Å². The van der Waals surface area contributed by atoms with Crippen LogP contribution in [0.15, 0.2) is 52.9 Å². The average molecular weight is 297 g/mol. The van der Waals surface area contributed by atoms with Crippen LogP contribution in [0.2, 0.25) is 0 Å². The van der Waals surface area contributed by atoms with Gasteiger partial charge in [0.2, 0.25) is 5.89 Å².